The number of hydrogen-bond donors (Lipinski definition) is 2. The molecule has 0 saturated carbocycles. The predicted molar refractivity (Wildman–Crippen MR) is 133 cm³/mol. The van der Waals surface area contributed by atoms with E-state index in [9.17, 15) is 9.59 Å². The number of carbonyl (C=O) groups excluding carboxylic acids is 2. The van der Waals surface area contributed by atoms with Gasteiger partial charge in [0.15, 0.2) is 11.0 Å². The normalized spacial score (nSPS) is 12.0. The van der Waals surface area contributed by atoms with Crippen molar-refractivity contribution in [3.05, 3.63) is 69.5 Å². The number of carbonyl (C=O) groups is 2. The Hall–Kier alpha value is -2.55. The molecule has 0 aliphatic carbocycles. The molecular weight excluding hydrogens is 481 g/mol. The van der Waals surface area contributed by atoms with Gasteiger partial charge in [0.05, 0.1) is 27.5 Å². The average Bonchev–Trinajstić information content (AvgIpc) is 3.13. The second-order valence-electron chi connectivity index (χ2n) is 7.90. The predicted octanol–water partition coefficient (Wildman–Crippen LogP) is 5.29. The van der Waals surface area contributed by atoms with Crippen molar-refractivity contribution in [1.82, 2.24) is 20.1 Å². The van der Waals surface area contributed by atoms with Crippen LogP contribution in [0.3, 0.4) is 0 Å². The van der Waals surface area contributed by atoms with Crippen molar-refractivity contribution in [3.63, 3.8) is 0 Å². The molecule has 0 aliphatic heterocycles. The second kappa shape index (κ2) is 11.0. The lowest BCUT2D eigenvalue weighted by molar-refractivity contribution is -0.113. The molecule has 0 radical (unpaired) electrons. The van der Waals surface area contributed by atoms with Crippen LogP contribution in [0.25, 0.3) is 0 Å². The molecule has 0 spiro atoms. The number of benzene rings is 2. The lowest BCUT2D eigenvalue weighted by Crippen LogP contribution is -2.33. The van der Waals surface area contributed by atoms with E-state index in [0.29, 0.717) is 32.3 Å². The molecule has 10 heteroatoms. The molecule has 2 N–H and O–H groups in total. The van der Waals surface area contributed by atoms with Crippen molar-refractivity contribution in [2.45, 2.75) is 32.0 Å². The molecule has 33 heavy (non-hydrogen) atoms. The standard InChI is InChI=1S/C23H25Cl2N5O2S/c1-13(2)20(27-22(32)15-8-5-7-14(3)11-15)21-28-29-23(30(21)4)33-12-18(31)26-17-10-6-9-16(24)19(17)25/h5-11,13,20H,12H2,1-4H3,(H,26,31)(H,27,32)/t20-/m1/s1. The summed E-state index contributed by atoms with van der Waals surface area (Å²) in [5, 5.41) is 15.6. The van der Waals surface area contributed by atoms with Crippen molar-refractivity contribution in [3.8, 4) is 0 Å². The number of nitrogens with one attached hydrogen (secondary N) is 2. The van der Waals surface area contributed by atoms with Crippen LogP contribution in [0, 0.1) is 12.8 Å². The summed E-state index contributed by atoms with van der Waals surface area (Å²) in [5.74, 6) is 0.380. The van der Waals surface area contributed by atoms with Gasteiger partial charge in [0.25, 0.3) is 5.91 Å². The van der Waals surface area contributed by atoms with E-state index in [0.717, 1.165) is 5.56 Å². The van der Waals surface area contributed by atoms with Gasteiger partial charge >= 0.3 is 0 Å². The largest absolute Gasteiger partial charge is 0.342 e. The van der Waals surface area contributed by atoms with Gasteiger partial charge < -0.3 is 15.2 Å². The van der Waals surface area contributed by atoms with Crippen molar-refractivity contribution < 1.29 is 9.59 Å². The molecule has 174 valence electrons. The molecule has 2 amide bonds. The van der Waals surface area contributed by atoms with E-state index >= 15 is 0 Å². The number of aromatic nitrogens is 3. The molecule has 1 heterocycles. The fourth-order valence-electron chi connectivity index (χ4n) is 3.18. The second-order valence-corrected chi connectivity index (χ2v) is 9.63. The summed E-state index contributed by atoms with van der Waals surface area (Å²) in [6.07, 6.45) is 0. The number of amides is 2. The van der Waals surface area contributed by atoms with E-state index in [4.69, 9.17) is 23.2 Å². The molecule has 7 nitrogen and oxygen atoms in total. The first-order valence-electron chi connectivity index (χ1n) is 10.3. The molecule has 2 aromatic carbocycles. The number of anilines is 1. The molecule has 3 rings (SSSR count). The highest BCUT2D eigenvalue weighted by Crippen LogP contribution is 2.30. The highest BCUT2D eigenvalue weighted by atomic mass is 35.5. The Morgan fingerprint density at radius 2 is 1.85 bits per heavy atom. The number of halogens is 2. The zero-order valence-corrected chi connectivity index (χ0v) is 21.1. The average molecular weight is 506 g/mol. The maximum Gasteiger partial charge on any atom is 0.251 e. The van der Waals surface area contributed by atoms with Crippen molar-refractivity contribution in [2.24, 2.45) is 13.0 Å². The van der Waals surface area contributed by atoms with Gasteiger partial charge in [0.1, 0.15) is 0 Å². The van der Waals surface area contributed by atoms with Crippen LogP contribution in [0.15, 0.2) is 47.6 Å². The van der Waals surface area contributed by atoms with Gasteiger partial charge in [0, 0.05) is 12.6 Å². The van der Waals surface area contributed by atoms with Gasteiger partial charge in [-0.05, 0) is 37.1 Å². The number of aryl methyl sites for hydroxylation is 1. The summed E-state index contributed by atoms with van der Waals surface area (Å²) in [7, 11) is 1.82. The molecule has 0 unspecified atom stereocenters. The van der Waals surface area contributed by atoms with E-state index in [-0.39, 0.29) is 29.5 Å². The zero-order chi connectivity index (χ0) is 24.1. The molecule has 0 saturated heterocycles. The van der Waals surface area contributed by atoms with Crippen LogP contribution in [0.2, 0.25) is 10.0 Å². The van der Waals surface area contributed by atoms with Gasteiger partial charge in [-0.1, -0.05) is 72.6 Å². The van der Waals surface area contributed by atoms with Crippen LogP contribution in [0.5, 0.6) is 0 Å². The topological polar surface area (TPSA) is 88.9 Å². The van der Waals surface area contributed by atoms with Gasteiger partial charge in [-0.15, -0.1) is 10.2 Å². The molecule has 0 fully saturated rings. The van der Waals surface area contributed by atoms with Crippen molar-refractivity contribution in [1.29, 1.82) is 0 Å². The minimum absolute atomic E-state index is 0.0766. The number of nitrogens with zero attached hydrogens (tertiary/aromatic N) is 3. The van der Waals surface area contributed by atoms with Crippen LogP contribution >= 0.6 is 35.0 Å². The van der Waals surface area contributed by atoms with Crippen LogP contribution in [-0.2, 0) is 11.8 Å². The maximum absolute atomic E-state index is 12.8. The Morgan fingerprint density at radius 1 is 1.12 bits per heavy atom. The molecule has 0 bridgehead atoms. The van der Waals surface area contributed by atoms with Gasteiger partial charge in [-0.2, -0.15) is 0 Å². The van der Waals surface area contributed by atoms with Gasteiger partial charge in [0.2, 0.25) is 5.91 Å². The molecular formula is C23H25Cl2N5O2S. The Balaban J connectivity index is 1.68. The van der Waals surface area contributed by atoms with E-state index in [1.807, 2.05) is 46.0 Å². The number of thioether (sulfide) groups is 1. The Morgan fingerprint density at radius 3 is 2.55 bits per heavy atom. The maximum atomic E-state index is 12.8. The Kier molecular flexibility index (Phi) is 8.40. The smallest absolute Gasteiger partial charge is 0.251 e. The van der Waals surface area contributed by atoms with E-state index < -0.39 is 0 Å². The summed E-state index contributed by atoms with van der Waals surface area (Å²) in [5.41, 5.74) is 2.05. The van der Waals surface area contributed by atoms with Gasteiger partial charge in [-0.25, -0.2) is 0 Å². The molecule has 3 aromatic rings. The summed E-state index contributed by atoms with van der Waals surface area (Å²) in [6, 6.07) is 12.1. The molecule has 1 atom stereocenters. The monoisotopic (exact) mass is 505 g/mol. The van der Waals surface area contributed by atoms with Crippen molar-refractivity contribution in [2.75, 3.05) is 11.1 Å². The molecule has 0 aliphatic rings. The summed E-state index contributed by atoms with van der Waals surface area (Å²) >= 11 is 13.4. The summed E-state index contributed by atoms with van der Waals surface area (Å²) < 4.78 is 1.80. The fourth-order valence-corrected chi connectivity index (χ4v) is 4.25. The first-order valence-corrected chi connectivity index (χ1v) is 12.0. The number of rotatable bonds is 8. The quantitative estimate of drug-likeness (QED) is 0.406. The highest BCUT2D eigenvalue weighted by molar-refractivity contribution is 7.99. The third-order valence-corrected chi connectivity index (χ3v) is 6.78. The number of hydrogen-bond acceptors (Lipinski definition) is 5. The van der Waals surface area contributed by atoms with Crippen LogP contribution in [-0.4, -0.2) is 32.3 Å². The Labute approximate surface area is 207 Å². The van der Waals surface area contributed by atoms with E-state index in [1.165, 1.54) is 11.8 Å². The minimum atomic E-state index is -0.344. The minimum Gasteiger partial charge on any atom is -0.342 e. The van der Waals surface area contributed by atoms with E-state index in [2.05, 4.69) is 20.8 Å². The zero-order valence-electron chi connectivity index (χ0n) is 18.7. The first-order chi connectivity index (χ1) is 15.7. The third-order valence-electron chi connectivity index (χ3n) is 4.94. The highest BCUT2D eigenvalue weighted by Gasteiger charge is 2.25. The molecule has 1 aromatic heterocycles. The summed E-state index contributed by atoms with van der Waals surface area (Å²) in [4.78, 5) is 25.2. The SMILES string of the molecule is Cc1cccc(C(=O)N[C@@H](c2nnc(SCC(=O)Nc3cccc(Cl)c3Cl)n2C)C(C)C)c1. The summed E-state index contributed by atoms with van der Waals surface area (Å²) in [6.45, 7) is 5.95. The Bertz CT molecular complexity index is 1170. The van der Waals surface area contributed by atoms with E-state index in [1.54, 1.807) is 28.8 Å². The van der Waals surface area contributed by atoms with Crippen LogP contribution in [0.4, 0.5) is 5.69 Å². The van der Waals surface area contributed by atoms with Crippen molar-refractivity contribution >= 4 is 52.5 Å². The fraction of sp³-hybridized carbons (Fsp3) is 0.304. The third kappa shape index (κ3) is 6.28. The van der Waals surface area contributed by atoms with Gasteiger partial charge in [-0.3, -0.25) is 9.59 Å². The lowest BCUT2D eigenvalue weighted by Gasteiger charge is -2.21. The lowest BCUT2D eigenvalue weighted by atomic mass is 10.0. The van der Waals surface area contributed by atoms with Crippen LogP contribution in [0.1, 0.15) is 41.6 Å². The van der Waals surface area contributed by atoms with Crippen LogP contribution < -0.4 is 10.6 Å². The first kappa shape index (κ1) is 25.1.